The van der Waals surface area contributed by atoms with Gasteiger partial charge in [-0.05, 0) is 36.2 Å². The van der Waals surface area contributed by atoms with Gasteiger partial charge in [0.05, 0.1) is 4.70 Å². The third-order valence-corrected chi connectivity index (χ3v) is 2.76. The molecule has 2 rings (SSSR count). The summed E-state index contributed by atoms with van der Waals surface area (Å²) >= 11 is 1.53. The first-order valence-corrected chi connectivity index (χ1v) is 4.84. The first-order valence-electron chi connectivity index (χ1n) is 4.07. The predicted octanol–water partition coefficient (Wildman–Crippen LogP) is 2.54. The van der Waals surface area contributed by atoms with Crippen molar-refractivity contribution in [3.63, 3.8) is 0 Å². The molecule has 0 saturated heterocycles. The Labute approximate surface area is 82.0 Å². The molecule has 0 unspecified atom stereocenters. The summed E-state index contributed by atoms with van der Waals surface area (Å²) in [4.78, 5) is 2.03. The Balaban J connectivity index is 2.71. The Hall–Kier alpha value is -1.09. The summed E-state index contributed by atoms with van der Waals surface area (Å²) in [6, 6.07) is 6.16. The molecule has 3 heteroatoms. The van der Waals surface area contributed by atoms with Crippen LogP contribution in [0.2, 0.25) is 0 Å². The van der Waals surface area contributed by atoms with Gasteiger partial charge in [-0.1, -0.05) is 6.07 Å². The van der Waals surface area contributed by atoms with E-state index in [0.29, 0.717) is 0 Å². The summed E-state index contributed by atoms with van der Waals surface area (Å²) in [6.45, 7) is 3.91. The molecule has 0 aliphatic heterocycles. The van der Waals surface area contributed by atoms with Crippen molar-refractivity contribution >= 4 is 27.4 Å². The Morgan fingerprint density at radius 3 is 2.85 bits per heavy atom. The number of nitrogens with zero attached hydrogens (tertiary/aromatic N) is 2. The first-order chi connectivity index (χ1) is 6.18. The molecule has 0 saturated carbocycles. The lowest BCUT2D eigenvalue weighted by Gasteiger charge is -2.08. The highest BCUT2D eigenvalue weighted by Crippen LogP contribution is 2.28. The molecule has 0 N–H and O–H groups in total. The molecule has 1 aromatic heterocycles. The van der Waals surface area contributed by atoms with Crippen LogP contribution in [0.3, 0.4) is 0 Å². The molecule has 0 atom stereocenters. The smallest absolute Gasteiger partial charge is 0.149 e. The zero-order valence-corrected chi connectivity index (χ0v) is 8.56. The van der Waals surface area contributed by atoms with Gasteiger partial charge in [0, 0.05) is 19.5 Å². The van der Waals surface area contributed by atoms with Gasteiger partial charge in [0.2, 0.25) is 0 Å². The van der Waals surface area contributed by atoms with E-state index in [1.54, 1.807) is 0 Å². The molecule has 2 aromatic rings. The molecule has 1 heterocycles. The number of hydrogen-bond donors (Lipinski definition) is 0. The molecule has 0 amide bonds. The number of aromatic nitrogens is 1. The summed E-state index contributed by atoms with van der Waals surface area (Å²) in [5.41, 5.74) is 1.04. The molecule has 1 aromatic carbocycles. The molecule has 67 valence electrons. The van der Waals surface area contributed by atoms with Crippen molar-refractivity contribution in [3.05, 3.63) is 30.7 Å². The average Bonchev–Trinajstić information content (AvgIpc) is 2.46. The highest BCUT2D eigenvalue weighted by Gasteiger charge is 2.06. The molecular formula is C10H11N2S. The molecule has 0 bridgehead atoms. The summed E-state index contributed by atoms with van der Waals surface area (Å²) in [6.07, 6.45) is 0. The van der Waals surface area contributed by atoms with E-state index in [1.807, 2.05) is 25.1 Å². The largest absolute Gasteiger partial charge is 0.361 e. The van der Waals surface area contributed by atoms with Crippen LogP contribution in [0.4, 0.5) is 5.82 Å². The predicted molar refractivity (Wildman–Crippen MR) is 58.4 cm³/mol. The highest BCUT2D eigenvalue weighted by atomic mass is 32.1. The molecule has 0 fully saturated rings. The van der Waals surface area contributed by atoms with E-state index in [0.717, 1.165) is 11.4 Å². The second-order valence-electron chi connectivity index (χ2n) is 3.23. The van der Waals surface area contributed by atoms with Crippen LogP contribution in [0.15, 0.2) is 18.2 Å². The van der Waals surface area contributed by atoms with Crippen molar-refractivity contribution in [3.8, 4) is 0 Å². The zero-order valence-electron chi connectivity index (χ0n) is 7.74. The summed E-state index contributed by atoms with van der Waals surface area (Å²) in [7, 11) is 4.01. The fourth-order valence-electron chi connectivity index (χ4n) is 1.30. The summed E-state index contributed by atoms with van der Waals surface area (Å²) in [5.74, 6) is 1.03. The van der Waals surface area contributed by atoms with Crippen molar-refractivity contribution in [2.75, 3.05) is 19.0 Å². The van der Waals surface area contributed by atoms with Gasteiger partial charge in [-0.15, -0.1) is 0 Å². The van der Waals surface area contributed by atoms with Crippen molar-refractivity contribution in [2.45, 2.75) is 0 Å². The first kappa shape index (κ1) is 8.51. The standard InChI is InChI=1S/C10H11N2S/c1-7-4-5-9-8(6-7)10(11-13-9)12(2)3/h4-6H,1H2,2-3H3. The van der Waals surface area contributed by atoms with E-state index >= 15 is 0 Å². The maximum Gasteiger partial charge on any atom is 0.149 e. The SMILES string of the molecule is [CH2]c1ccc2snc(N(C)C)c2c1. The Morgan fingerprint density at radius 1 is 1.38 bits per heavy atom. The Morgan fingerprint density at radius 2 is 2.15 bits per heavy atom. The Kier molecular flexibility index (Phi) is 1.96. The van der Waals surface area contributed by atoms with Gasteiger partial charge in [-0.2, -0.15) is 4.37 Å². The van der Waals surface area contributed by atoms with Crippen LogP contribution >= 0.6 is 11.5 Å². The van der Waals surface area contributed by atoms with Crippen LogP contribution < -0.4 is 4.90 Å². The zero-order chi connectivity index (χ0) is 9.42. The minimum atomic E-state index is 1.03. The van der Waals surface area contributed by atoms with E-state index in [2.05, 4.69) is 23.4 Å². The minimum absolute atomic E-state index is 1.03. The van der Waals surface area contributed by atoms with Crippen LogP contribution in [0.1, 0.15) is 5.56 Å². The Bertz CT molecular complexity index is 431. The lowest BCUT2D eigenvalue weighted by Crippen LogP contribution is -2.08. The highest BCUT2D eigenvalue weighted by molar-refractivity contribution is 7.13. The maximum absolute atomic E-state index is 4.38. The molecule has 0 aliphatic carbocycles. The normalized spacial score (nSPS) is 10.7. The van der Waals surface area contributed by atoms with Crippen LogP contribution in [0.25, 0.3) is 10.1 Å². The van der Waals surface area contributed by atoms with Gasteiger partial charge < -0.3 is 4.90 Å². The fourth-order valence-corrected chi connectivity index (χ4v) is 2.12. The van der Waals surface area contributed by atoms with E-state index in [4.69, 9.17) is 0 Å². The number of rotatable bonds is 1. The van der Waals surface area contributed by atoms with Crippen molar-refractivity contribution in [1.29, 1.82) is 0 Å². The van der Waals surface area contributed by atoms with Gasteiger partial charge >= 0.3 is 0 Å². The summed E-state index contributed by atoms with van der Waals surface area (Å²) in [5, 5.41) is 1.20. The third kappa shape index (κ3) is 1.40. The van der Waals surface area contributed by atoms with Crippen LogP contribution in [-0.4, -0.2) is 18.5 Å². The summed E-state index contributed by atoms with van der Waals surface area (Å²) < 4.78 is 5.59. The van der Waals surface area contributed by atoms with Gasteiger partial charge in [0.1, 0.15) is 5.82 Å². The van der Waals surface area contributed by atoms with E-state index in [-0.39, 0.29) is 0 Å². The molecule has 0 spiro atoms. The van der Waals surface area contributed by atoms with Gasteiger partial charge in [-0.25, -0.2) is 0 Å². The monoisotopic (exact) mass is 191 g/mol. The third-order valence-electron chi connectivity index (χ3n) is 1.94. The maximum atomic E-state index is 4.38. The average molecular weight is 191 g/mol. The molecule has 2 nitrogen and oxygen atoms in total. The van der Waals surface area contributed by atoms with E-state index in [1.165, 1.54) is 21.6 Å². The van der Waals surface area contributed by atoms with Gasteiger partial charge in [-0.3, -0.25) is 0 Å². The van der Waals surface area contributed by atoms with Crippen LogP contribution in [0, 0.1) is 6.92 Å². The number of anilines is 1. The lowest BCUT2D eigenvalue weighted by molar-refractivity contribution is 1.11. The molecule has 1 radical (unpaired) electrons. The molecule has 13 heavy (non-hydrogen) atoms. The van der Waals surface area contributed by atoms with Crippen molar-refractivity contribution in [1.82, 2.24) is 4.37 Å². The van der Waals surface area contributed by atoms with Crippen molar-refractivity contribution < 1.29 is 0 Å². The lowest BCUT2D eigenvalue weighted by atomic mass is 10.2. The number of hydrogen-bond acceptors (Lipinski definition) is 3. The minimum Gasteiger partial charge on any atom is -0.361 e. The number of fused-ring (bicyclic) bond motifs is 1. The molecule has 0 aliphatic rings. The van der Waals surface area contributed by atoms with Crippen LogP contribution in [0.5, 0.6) is 0 Å². The van der Waals surface area contributed by atoms with Gasteiger partial charge in [0.15, 0.2) is 0 Å². The topological polar surface area (TPSA) is 16.1 Å². The fraction of sp³-hybridized carbons (Fsp3) is 0.200. The van der Waals surface area contributed by atoms with Gasteiger partial charge in [0.25, 0.3) is 0 Å². The van der Waals surface area contributed by atoms with Crippen LogP contribution in [-0.2, 0) is 0 Å². The number of benzene rings is 1. The van der Waals surface area contributed by atoms with E-state index < -0.39 is 0 Å². The second kappa shape index (κ2) is 3.00. The van der Waals surface area contributed by atoms with Crippen molar-refractivity contribution in [2.24, 2.45) is 0 Å². The second-order valence-corrected chi connectivity index (χ2v) is 4.04. The molecular weight excluding hydrogens is 180 g/mol. The quantitative estimate of drug-likeness (QED) is 0.688. The van der Waals surface area contributed by atoms with E-state index in [9.17, 15) is 0 Å².